The van der Waals surface area contributed by atoms with Gasteiger partial charge in [0, 0.05) is 19.2 Å². The summed E-state index contributed by atoms with van der Waals surface area (Å²) < 4.78 is 63.0. The van der Waals surface area contributed by atoms with E-state index in [1.54, 1.807) is 6.07 Å². The van der Waals surface area contributed by atoms with Crippen molar-refractivity contribution in [3.8, 4) is 17.2 Å². The van der Waals surface area contributed by atoms with Gasteiger partial charge in [0.1, 0.15) is 18.5 Å². The zero-order valence-corrected chi connectivity index (χ0v) is 30.0. The third kappa shape index (κ3) is 8.29. The molecule has 4 aromatic rings. The minimum atomic E-state index is -4.08. The summed E-state index contributed by atoms with van der Waals surface area (Å²) in [6, 6.07) is 25.3. The second-order valence-electron chi connectivity index (χ2n) is 13.8. The molecule has 0 aromatic heterocycles. The van der Waals surface area contributed by atoms with Crippen LogP contribution in [0.25, 0.3) is 10.8 Å². The number of aliphatic hydroxyl groups excluding tert-OH is 1. The first-order valence-electron chi connectivity index (χ1n) is 17.6. The van der Waals surface area contributed by atoms with E-state index < -0.39 is 40.7 Å². The highest BCUT2D eigenvalue weighted by molar-refractivity contribution is 7.89. The molecule has 0 spiro atoms. The number of aliphatic hydroxyl groups is 1. The van der Waals surface area contributed by atoms with Crippen molar-refractivity contribution in [2.45, 2.75) is 62.7 Å². The van der Waals surface area contributed by atoms with E-state index in [1.807, 2.05) is 56.3 Å². The highest BCUT2D eigenvalue weighted by atomic mass is 32.2. The summed E-state index contributed by atoms with van der Waals surface area (Å²) in [5, 5.41) is 16.9. The molecule has 3 aliphatic rings. The fourth-order valence-corrected chi connectivity index (χ4v) is 8.46. The minimum Gasteiger partial charge on any atom is -0.489 e. The van der Waals surface area contributed by atoms with Crippen LogP contribution >= 0.6 is 0 Å². The smallest absolute Gasteiger partial charge is 0.407 e. The molecular formula is C39H44N2O10S. The van der Waals surface area contributed by atoms with E-state index >= 15 is 0 Å². The van der Waals surface area contributed by atoms with Gasteiger partial charge in [0.2, 0.25) is 16.8 Å². The fourth-order valence-electron chi connectivity index (χ4n) is 6.82. The molecule has 3 aliphatic heterocycles. The maximum atomic E-state index is 14.0. The predicted octanol–water partition coefficient (Wildman–Crippen LogP) is 5.25. The van der Waals surface area contributed by atoms with Crippen molar-refractivity contribution in [3.63, 3.8) is 0 Å². The highest BCUT2D eigenvalue weighted by Gasteiger charge is 2.44. The molecule has 0 saturated carbocycles. The second kappa shape index (κ2) is 15.7. The number of amides is 1. The lowest BCUT2D eigenvalue weighted by Crippen LogP contribution is -2.51. The molecule has 0 unspecified atom stereocenters. The number of alkyl carbamates (subject to hydrolysis) is 1. The Labute approximate surface area is 303 Å². The van der Waals surface area contributed by atoms with Crippen LogP contribution in [0.1, 0.15) is 31.4 Å². The van der Waals surface area contributed by atoms with Crippen LogP contribution in [0.3, 0.4) is 0 Å². The van der Waals surface area contributed by atoms with Crippen molar-refractivity contribution in [1.29, 1.82) is 0 Å². The predicted molar refractivity (Wildman–Crippen MR) is 192 cm³/mol. The maximum absolute atomic E-state index is 14.0. The van der Waals surface area contributed by atoms with Gasteiger partial charge >= 0.3 is 6.09 Å². The summed E-state index contributed by atoms with van der Waals surface area (Å²) in [4.78, 5) is 13.3. The van der Waals surface area contributed by atoms with Crippen molar-refractivity contribution in [3.05, 3.63) is 96.1 Å². The average molecular weight is 733 g/mol. The lowest BCUT2D eigenvalue weighted by molar-refractivity contribution is -0.0907. The molecule has 0 aliphatic carbocycles. The monoisotopic (exact) mass is 732 g/mol. The number of carbonyl (C=O) groups excluding carboxylic acids is 1. The first-order valence-corrected chi connectivity index (χ1v) is 19.0. The van der Waals surface area contributed by atoms with Crippen molar-refractivity contribution in [2.24, 2.45) is 11.8 Å². The highest BCUT2D eigenvalue weighted by Crippen LogP contribution is 2.35. The summed E-state index contributed by atoms with van der Waals surface area (Å²) in [5.74, 6) is 1.34. The van der Waals surface area contributed by atoms with Crippen LogP contribution < -0.4 is 19.5 Å². The minimum absolute atomic E-state index is 0.00959. The van der Waals surface area contributed by atoms with Gasteiger partial charge in [0.25, 0.3) is 0 Å². The van der Waals surface area contributed by atoms with E-state index in [4.69, 9.17) is 28.4 Å². The van der Waals surface area contributed by atoms with E-state index in [9.17, 15) is 18.3 Å². The van der Waals surface area contributed by atoms with Crippen molar-refractivity contribution in [2.75, 3.05) is 33.1 Å². The van der Waals surface area contributed by atoms with Gasteiger partial charge in [0.15, 0.2) is 17.8 Å². The molecule has 2 fully saturated rings. The van der Waals surface area contributed by atoms with Crippen molar-refractivity contribution < 1.29 is 46.7 Å². The number of sulfonamides is 1. The summed E-state index contributed by atoms with van der Waals surface area (Å²) >= 11 is 0. The number of fused-ring (bicyclic) bond motifs is 3. The number of nitrogens with zero attached hydrogens (tertiary/aromatic N) is 1. The van der Waals surface area contributed by atoms with Gasteiger partial charge in [-0.2, -0.15) is 4.31 Å². The number of carbonyl (C=O) groups is 1. The van der Waals surface area contributed by atoms with Gasteiger partial charge in [-0.05, 0) is 71.0 Å². The third-order valence-electron chi connectivity index (χ3n) is 9.55. The summed E-state index contributed by atoms with van der Waals surface area (Å²) in [6.45, 7) is 4.80. The molecule has 4 aromatic carbocycles. The topological polar surface area (TPSA) is 142 Å². The Kier molecular flexibility index (Phi) is 10.9. The lowest BCUT2D eigenvalue weighted by Gasteiger charge is -2.31. The quantitative estimate of drug-likeness (QED) is 0.177. The summed E-state index contributed by atoms with van der Waals surface area (Å²) in [7, 11) is -4.08. The first kappa shape index (κ1) is 36.0. The van der Waals surface area contributed by atoms with Gasteiger partial charge in [0.05, 0.1) is 36.2 Å². The second-order valence-corrected chi connectivity index (χ2v) is 15.8. The number of hydrogen-bond acceptors (Lipinski definition) is 10. The normalized spacial score (nSPS) is 20.6. The van der Waals surface area contributed by atoms with Crippen LogP contribution in [-0.4, -0.2) is 81.6 Å². The largest absolute Gasteiger partial charge is 0.489 e. The molecule has 0 radical (unpaired) electrons. The van der Waals surface area contributed by atoms with Crippen LogP contribution in [0.5, 0.6) is 17.2 Å². The summed E-state index contributed by atoms with van der Waals surface area (Å²) in [5.41, 5.74) is 1.84. The van der Waals surface area contributed by atoms with E-state index in [0.717, 1.165) is 21.9 Å². The van der Waals surface area contributed by atoms with Crippen molar-refractivity contribution in [1.82, 2.24) is 9.62 Å². The average Bonchev–Trinajstić information content (AvgIpc) is 3.89. The third-order valence-corrected chi connectivity index (χ3v) is 11.4. The Bertz CT molecular complexity index is 1970. The zero-order valence-electron chi connectivity index (χ0n) is 29.2. The molecule has 12 nitrogen and oxygen atoms in total. The van der Waals surface area contributed by atoms with Crippen LogP contribution in [0.4, 0.5) is 4.79 Å². The lowest BCUT2D eigenvalue weighted by atomic mass is 10.0. The van der Waals surface area contributed by atoms with Gasteiger partial charge in [-0.15, -0.1) is 0 Å². The molecule has 13 heteroatoms. The van der Waals surface area contributed by atoms with Gasteiger partial charge in [-0.25, -0.2) is 13.2 Å². The van der Waals surface area contributed by atoms with Crippen molar-refractivity contribution >= 4 is 26.9 Å². The Morgan fingerprint density at radius 2 is 1.69 bits per heavy atom. The Morgan fingerprint density at radius 1 is 0.923 bits per heavy atom. The maximum Gasteiger partial charge on any atom is 0.407 e. The van der Waals surface area contributed by atoms with E-state index in [2.05, 4.69) is 29.6 Å². The molecule has 3 heterocycles. The number of rotatable bonds is 14. The van der Waals surface area contributed by atoms with Crippen LogP contribution in [-0.2, 0) is 37.3 Å². The first-order chi connectivity index (χ1) is 25.1. The van der Waals surface area contributed by atoms with E-state index in [1.165, 1.54) is 16.4 Å². The fraction of sp³-hybridized carbons (Fsp3) is 0.410. The van der Waals surface area contributed by atoms with E-state index in [0.29, 0.717) is 36.9 Å². The molecule has 52 heavy (non-hydrogen) atoms. The zero-order chi connectivity index (χ0) is 36.2. The molecule has 2 saturated heterocycles. The van der Waals surface area contributed by atoms with Crippen LogP contribution in [0, 0.1) is 11.8 Å². The standard InChI is InChI=1S/C39H44N2O10S/c1-25(2)20-41(52(44,45)31-13-14-35-36(19-31)50-24-49-35)21-34(42)33(40-39(43)51-37-23-48-38-32(37)15-16-46-38)18-26-8-11-30(12-9-26)47-22-27-7-10-28-5-3-4-6-29(28)17-27/h3-14,17,19,25,32-34,37-38,42H,15-16,18,20-24H2,1-2H3,(H,40,43)/t32-,33-,34+,37-,38+/m0/s1. The molecule has 0 bridgehead atoms. The summed E-state index contributed by atoms with van der Waals surface area (Å²) in [6.07, 6.45) is -2.01. The Hall–Kier alpha value is -4.40. The molecular weight excluding hydrogens is 689 g/mol. The molecule has 2 N–H and O–H groups in total. The molecule has 5 atom stereocenters. The van der Waals surface area contributed by atoms with Crippen LogP contribution in [0.15, 0.2) is 89.8 Å². The van der Waals surface area contributed by atoms with Gasteiger partial charge in [-0.1, -0.05) is 62.4 Å². The SMILES string of the molecule is CC(C)CN(C[C@@H](O)[C@H](Cc1ccc(OCc2ccc3ccccc3c2)cc1)NC(=O)O[C@H]1CO[C@H]2OCC[C@H]21)S(=O)(=O)c1ccc2c(c1)OCO2. The number of nitrogens with one attached hydrogen (secondary N) is 1. The Morgan fingerprint density at radius 3 is 2.50 bits per heavy atom. The number of hydrogen-bond donors (Lipinski definition) is 2. The number of ether oxygens (including phenoxy) is 6. The van der Waals surface area contributed by atoms with E-state index in [-0.39, 0.29) is 49.6 Å². The van der Waals surface area contributed by atoms with Gasteiger partial charge in [-0.3, -0.25) is 0 Å². The molecule has 1 amide bonds. The molecule has 7 rings (SSSR count). The van der Waals surface area contributed by atoms with Gasteiger partial charge < -0.3 is 38.8 Å². The Balaban J connectivity index is 1.06. The molecule has 276 valence electrons. The van der Waals surface area contributed by atoms with Crippen LogP contribution in [0.2, 0.25) is 0 Å². The number of benzene rings is 4.